The van der Waals surface area contributed by atoms with Crippen LogP contribution in [0.1, 0.15) is 6.42 Å². The van der Waals surface area contributed by atoms with Crippen molar-refractivity contribution in [1.29, 1.82) is 0 Å². The maximum Gasteiger partial charge on any atom is 0.323 e. The van der Waals surface area contributed by atoms with Gasteiger partial charge in [0.05, 0.1) is 13.2 Å². The number of cyclic esters (lactones) is 1. The number of hydrogen-bond donors (Lipinski definition) is 1. The zero-order valence-electron chi connectivity index (χ0n) is 5.50. The molecule has 1 rings (SSSR count). The van der Waals surface area contributed by atoms with E-state index in [9.17, 15) is 9.59 Å². The Balaban J connectivity index is 2.26. The van der Waals surface area contributed by atoms with E-state index in [1.165, 1.54) is 0 Å². The second kappa shape index (κ2) is 3.31. The van der Waals surface area contributed by atoms with Gasteiger partial charge in [0.1, 0.15) is 12.3 Å². The van der Waals surface area contributed by atoms with Gasteiger partial charge in [-0.15, -0.1) is 0 Å². The molecule has 0 saturated carbocycles. The van der Waals surface area contributed by atoms with Crippen molar-refractivity contribution in [2.24, 2.45) is 0 Å². The molecule has 0 amide bonds. The third-order valence-corrected chi connectivity index (χ3v) is 1.38. The van der Waals surface area contributed by atoms with Gasteiger partial charge in [-0.05, 0) is 0 Å². The Morgan fingerprint density at radius 3 is 3.10 bits per heavy atom. The van der Waals surface area contributed by atoms with Gasteiger partial charge in [-0.3, -0.25) is 10.1 Å². The number of rotatable bonds is 3. The Morgan fingerprint density at radius 1 is 1.80 bits per heavy atom. The third-order valence-electron chi connectivity index (χ3n) is 1.38. The lowest BCUT2D eigenvalue weighted by molar-refractivity contribution is -0.139. The standard InChI is InChI=1S/C6H9NO3/c8-3-2-7-5-1-4-10-6(5)9/h3,5,7H,1-2,4H2. The zero-order chi connectivity index (χ0) is 7.40. The van der Waals surface area contributed by atoms with Crippen LogP contribution in [0.2, 0.25) is 0 Å². The fourth-order valence-corrected chi connectivity index (χ4v) is 0.872. The lowest BCUT2D eigenvalue weighted by atomic mass is 10.2. The van der Waals surface area contributed by atoms with E-state index in [0.717, 1.165) is 6.29 Å². The van der Waals surface area contributed by atoms with Crippen LogP contribution in [0.5, 0.6) is 0 Å². The van der Waals surface area contributed by atoms with Crippen LogP contribution in [-0.2, 0) is 14.3 Å². The first-order valence-corrected chi connectivity index (χ1v) is 3.18. The summed E-state index contributed by atoms with van der Waals surface area (Å²) in [5, 5.41) is 2.74. The fourth-order valence-electron chi connectivity index (χ4n) is 0.872. The Kier molecular flexibility index (Phi) is 2.39. The molecule has 1 saturated heterocycles. The van der Waals surface area contributed by atoms with E-state index in [2.05, 4.69) is 10.1 Å². The SMILES string of the molecule is O=CCNC1CCOC1=O. The molecule has 1 N–H and O–H groups in total. The molecule has 1 heterocycles. The Morgan fingerprint density at radius 2 is 2.60 bits per heavy atom. The average Bonchev–Trinajstić information content (AvgIpc) is 2.31. The number of nitrogens with one attached hydrogen (secondary N) is 1. The lowest BCUT2D eigenvalue weighted by Crippen LogP contribution is -2.34. The summed E-state index contributed by atoms with van der Waals surface area (Å²) in [6, 6.07) is -0.259. The highest BCUT2D eigenvalue weighted by Gasteiger charge is 2.24. The van der Waals surface area contributed by atoms with Gasteiger partial charge in [0.25, 0.3) is 0 Å². The van der Waals surface area contributed by atoms with Crippen LogP contribution in [0.15, 0.2) is 0 Å². The van der Waals surface area contributed by atoms with Crippen molar-refractivity contribution >= 4 is 12.3 Å². The second-order valence-electron chi connectivity index (χ2n) is 2.08. The van der Waals surface area contributed by atoms with Crippen molar-refractivity contribution in [2.75, 3.05) is 13.2 Å². The fraction of sp³-hybridized carbons (Fsp3) is 0.667. The van der Waals surface area contributed by atoms with Crippen molar-refractivity contribution in [3.05, 3.63) is 0 Å². The summed E-state index contributed by atoms with van der Waals surface area (Å²) in [7, 11) is 0. The van der Waals surface area contributed by atoms with Gasteiger partial charge in [-0.25, -0.2) is 0 Å². The summed E-state index contributed by atoms with van der Waals surface area (Å²) in [5.41, 5.74) is 0. The molecule has 1 fully saturated rings. The van der Waals surface area contributed by atoms with Crippen LogP contribution >= 0.6 is 0 Å². The number of aldehydes is 1. The zero-order valence-corrected chi connectivity index (χ0v) is 5.50. The van der Waals surface area contributed by atoms with E-state index in [-0.39, 0.29) is 18.6 Å². The van der Waals surface area contributed by atoms with E-state index in [0.29, 0.717) is 13.0 Å². The Labute approximate surface area is 58.5 Å². The van der Waals surface area contributed by atoms with Crippen molar-refractivity contribution in [1.82, 2.24) is 5.32 Å². The molecule has 56 valence electrons. The molecule has 0 bridgehead atoms. The predicted octanol–water partition coefficient (Wildman–Crippen LogP) is -0.910. The van der Waals surface area contributed by atoms with E-state index >= 15 is 0 Å². The molecular formula is C6H9NO3. The average molecular weight is 143 g/mol. The van der Waals surface area contributed by atoms with Gasteiger partial charge in [0.15, 0.2) is 0 Å². The molecule has 1 aliphatic heterocycles. The van der Waals surface area contributed by atoms with Gasteiger partial charge < -0.3 is 9.53 Å². The topological polar surface area (TPSA) is 55.4 Å². The summed E-state index contributed by atoms with van der Waals surface area (Å²) < 4.78 is 4.65. The molecule has 4 heteroatoms. The van der Waals surface area contributed by atoms with Gasteiger partial charge in [-0.1, -0.05) is 0 Å². The second-order valence-corrected chi connectivity index (χ2v) is 2.08. The number of carbonyl (C=O) groups is 2. The third kappa shape index (κ3) is 1.54. The number of carbonyl (C=O) groups excluding carboxylic acids is 2. The quantitative estimate of drug-likeness (QED) is 0.410. The van der Waals surface area contributed by atoms with Crippen LogP contribution in [0.25, 0.3) is 0 Å². The first-order chi connectivity index (χ1) is 4.84. The first-order valence-electron chi connectivity index (χ1n) is 3.18. The van der Waals surface area contributed by atoms with E-state index in [1.54, 1.807) is 0 Å². The highest BCUT2D eigenvalue weighted by molar-refractivity contribution is 5.77. The molecule has 0 aromatic carbocycles. The van der Waals surface area contributed by atoms with Gasteiger partial charge in [0.2, 0.25) is 0 Å². The van der Waals surface area contributed by atoms with Crippen molar-refractivity contribution in [2.45, 2.75) is 12.5 Å². The lowest BCUT2D eigenvalue weighted by Gasteiger charge is -2.02. The minimum Gasteiger partial charge on any atom is -0.464 e. The van der Waals surface area contributed by atoms with Gasteiger partial charge in [-0.2, -0.15) is 0 Å². The molecule has 0 radical (unpaired) electrons. The van der Waals surface area contributed by atoms with E-state index < -0.39 is 0 Å². The molecule has 0 aliphatic carbocycles. The molecule has 10 heavy (non-hydrogen) atoms. The summed E-state index contributed by atoms with van der Waals surface area (Å²) in [4.78, 5) is 20.5. The Hall–Kier alpha value is -0.900. The molecule has 0 aromatic rings. The minimum atomic E-state index is -0.259. The van der Waals surface area contributed by atoms with E-state index in [4.69, 9.17) is 0 Å². The van der Waals surface area contributed by atoms with E-state index in [1.807, 2.05) is 0 Å². The monoisotopic (exact) mass is 143 g/mol. The van der Waals surface area contributed by atoms with Crippen molar-refractivity contribution in [3.8, 4) is 0 Å². The Bertz CT molecular complexity index is 146. The summed E-state index contributed by atoms with van der Waals surface area (Å²) in [6.45, 7) is 0.690. The molecular weight excluding hydrogens is 134 g/mol. The number of hydrogen-bond acceptors (Lipinski definition) is 4. The summed E-state index contributed by atoms with van der Waals surface area (Å²) >= 11 is 0. The van der Waals surface area contributed by atoms with Crippen LogP contribution in [-0.4, -0.2) is 31.4 Å². The van der Waals surface area contributed by atoms with Crippen LogP contribution < -0.4 is 5.32 Å². The largest absolute Gasteiger partial charge is 0.464 e. The molecule has 0 spiro atoms. The van der Waals surface area contributed by atoms with Crippen LogP contribution in [0.3, 0.4) is 0 Å². The molecule has 1 aliphatic rings. The van der Waals surface area contributed by atoms with Gasteiger partial charge in [0, 0.05) is 6.42 Å². The molecule has 4 nitrogen and oxygen atoms in total. The van der Waals surface area contributed by atoms with Crippen molar-refractivity contribution in [3.63, 3.8) is 0 Å². The molecule has 1 atom stereocenters. The van der Waals surface area contributed by atoms with Crippen LogP contribution in [0.4, 0.5) is 0 Å². The van der Waals surface area contributed by atoms with Crippen molar-refractivity contribution < 1.29 is 14.3 Å². The maximum atomic E-state index is 10.7. The summed E-state index contributed by atoms with van der Waals surface area (Å²) in [6.07, 6.45) is 1.40. The first kappa shape index (κ1) is 7.21. The normalized spacial score (nSPS) is 24.4. The highest BCUT2D eigenvalue weighted by Crippen LogP contribution is 2.04. The molecule has 0 aromatic heterocycles. The summed E-state index contributed by atoms with van der Waals surface area (Å²) in [5.74, 6) is -0.248. The predicted molar refractivity (Wildman–Crippen MR) is 33.4 cm³/mol. The van der Waals surface area contributed by atoms with Crippen LogP contribution in [0, 0.1) is 0 Å². The highest BCUT2D eigenvalue weighted by atomic mass is 16.5. The van der Waals surface area contributed by atoms with Gasteiger partial charge >= 0.3 is 5.97 Å². The molecule has 1 unspecified atom stereocenters. The maximum absolute atomic E-state index is 10.7. The minimum absolute atomic E-state index is 0.222. The number of esters is 1. The smallest absolute Gasteiger partial charge is 0.323 e. The number of ether oxygens (including phenoxy) is 1.